The van der Waals surface area contributed by atoms with Gasteiger partial charge in [-0.3, -0.25) is 0 Å². The van der Waals surface area contributed by atoms with Crippen LogP contribution < -0.4 is 5.32 Å². The minimum absolute atomic E-state index is 0.341. The molecule has 1 aliphatic rings. The van der Waals surface area contributed by atoms with E-state index in [4.69, 9.17) is 9.97 Å². The van der Waals surface area contributed by atoms with Crippen molar-refractivity contribution in [2.24, 2.45) is 0 Å². The quantitative estimate of drug-likeness (QED) is 0.928. The van der Waals surface area contributed by atoms with E-state index in [1.54, 1.807) is 0 Å². The first-order valence-electron chi connectivity index (χ1n) is 7.87. The lowest BCUT2D eigenvalue weighted by molar-refractivity contribution is 0.587. The van der Waals surface area contributed by atoms with E-state index < -0.39 is 0 Å². The molecule has 2 aromatic rings. The molecule has 1 aliphatic carbocycles. The van der Waals surface area contributed by atoms with Crippen LogP contribution in [0.4, 0.5) is 5.82 Å². The van der Waals surface area contributed by atoms with Gasteiger partial charge in [0.1, 0.15) is 11.6 Å². The van der Waals surface area contributed by atoms with E-state index in [1.807, 2.05) is 7.05 Å². The number of nitrogens with zero attached hydrogens (tertiary/aromatic N) is 2. The first-order valence-corrected chi connectivity index (χ1v) is 7.87. The first-order chi connectivity index (χ1) is 10.2. The van der Waals surface area contributed by atoms with Gasteiger partial charge in [-0.15, -0.1) is 0 Å². The van der Waals surface area contributed by atoms with Crippen molar-refractivity contribution < 1.29 is 0 Å². The predicted octanol–water partition coefficient (Wildman–Crippen LogP) is 3.86. The molecule has 0 radical (unpaired) electrons. The zero-order valence-electron chi connectivity index (χ0n) is 13.1. The average molecular weight is 281 g/mol. The van der Waals surface area contributed by atoms with Gasteiger partial charge in [-0.25, -0.2) is 9.97 Å². The number of rotatable bonds is 3. The van der Waals surface area contributed by atoms with Crippen molar-refractivity contribution in [3.63, 3.8) is 0 Å². The summed E-state index contributed by atoms with van der Waals surface area (Å²) in [6.45, 7) is 4.26. The van der Waals surface area contributed by atoms with Crippen molar-refractivity contribution in [2.45, 2.75) is 45.4 Å². The number of nitrogens with one attached hydrogen (secondary N) is 1. The molecule has 1 atom stereocenters. The normalized spacial score (nSPS) is 17.4. The van der Waals surface area contributed by atoms with Crippen LogP contribution >= 0.6 is 0 Å². The Morgan fingerprint density at radius 2 is 2.05 bits per heavy atom. The molecule has 110 valence electrons. The summed E-state index contributed by atoms with van der Waals surface area (Å²) in [6.07, 6.45) is 4.49. The van der Waals surface area contributed by atoms with E-state index in [1.165, 1.54) is 29.5 Å². The van der Waals surface area contributed by atoms with Crippen LogP contribution in [-0.4, -0.2) is 17.0 Å². The Hall–Kier alpha value is -1.90. The third kappa shape index (κ3) is 2.53. The minimum Gasteiger partial charge on any atom is -0.373 e. The van der Waals surface area contributed by atoms with Gasteiger partial charge < -0.3 is 5.32 Å². The molecule has 0 saturated heterocycles. The van der Waals surface area contributed by atoms with Crippen molar-refractivity contribution in [2.75, 3.05) is 12.4 Å². The zero-order valence-corrected chi connectivity index (χ0v) is 13.1. The fraction of sp³-hybridized carbons (Fsp3) is 0.444. The lowest BCUT2D eigenvalue weighted by Crippen LogP contribution is -2.16. The summed E-state index contributed by atoms with van der Waals surface area (Å²) in [7, 11) is 1.94. The van der Waals surface area contributed by atoms with Gasteiger partial charge in [-0.2, -0.15) is 0 Å². The van der Waals surface area contributed by atoms with Crippen LogP contribution in [0, 0.1) is 6.92 Å². The van der Waals surface area contributed by atoms with Crippen LogP contribution in [0.2, 0.25) is 0 Å². The van der Waals surface area contributed by atoms with E-state index >= 15 is 0 Å². The number of hydrogen-bond acceptors (Lipinski definition) is 3. The molecular weight excluding hydrogens is 258 g/mol. The summed E-state index contributed by atoms with van der Waals surface area (Å²) in [5.41, 5.74) is 5.21. The summed E-state index contributed by atoms with van der Waals surface area (Å²) in [5, 5.41) is 3.22. The summed E-state index contributed by atoms with van der Waals surface area (Å²) in [6, 6.07) is 8.75. The number of hydrogen-bond donors (Lipinski definition) is 1. The molecule has 1 heterocycles. The Morgan fingerprint density at radius 3 is 2.81 bits per heavy atom. The van der Waals surface area contributed by atoms with Crippen LogP contribution in [-0.2, 0) is 12.8 Å². The van der Waals surface area contributed by atoms with E-state index in [0.29, 0.717) is 5.92 Å². The van der Waals surface area contributed by atoms with E-state index in [0.717, 1.165) is 30.2 Å². The lowest BCUT2D eigenvalue weighted by atomic mass is 9.82. The standard InChI is InChI=1S/C18H23N3/c1-4-16-12(2)17(19-3)21-18(20-16)15-11-7-9-13-8-5-6-10-14(13)15/h5-6,8,10,15H,4,7,9,11H2,1-3H3,(H,19,20,21). The molecule has 21 heavy (non-hydrogen) atoms. The highest BCUT2D eigenvalue weighted by molar-refractivity contribution is 5.47. The maximum atomic E-state index is 4.87. The van der Waals surface area contributed by atoms with Gasteiger partial charge in [-0.05, 0) is 43.7 Å². The largest absolute Gasteiger partial charge is 0.373 e. The van der Waals surface area contributed by atoms with Crippen molar-refractivity contribution >= 4 is 5.82 Å². The molecule has 1 N–H and O–H groups in total. The molecule has 0 amide bonds. The second-order valence-corrected chi connectivity index (χ2v) is 5.75. The molecule has 0 fully saturated rings. The highest BCUT2D eigenvalue weighted by Crippen LogP contribution is 2.35. The van der Waals surface area contributed by atoms with Gasteiger partial charge in [0.25, 0.3) is 0 Å². The van der Waals surface area contributed by atoms with Crippen LogP contribution in [0.5, 0.6) is 0 Å². The van der Waals surface area contributed by atoms with Crippen molar-refractivity contribution in [1.82, 2.24) is 9.97 Å². The SMILES string of the molecule is CCc1nc(C2CCCc3ccccc32)nc(NC)c1C. The van der Waals surface area contributed by atoms with Crippen LogP contribution in [0.25, 0.3) is 0 Å². The monoisotopic (exact) mass is 281 g/mol. The predicted molar refractivity (Wildman–Crippen MR) is 86.9 cm³/mol. The molecule has 0 saturated carbocycles. The zero-order chi connectivity index (χ0) is 14.8. The number of benzene rings is 1. The molecule has 1 aromatic carbocycles. The molecule has 0 aliphatic heterocycles. The molecule has 1 aromatic heterocycles. The van der Waals surface area contributed by atoms with Crippen LogP contribution in [0.15, 0.2) is 24.3 Å². The van der Waals surface area contributed by atoms with E-state index in [-0.39, 0.29) is 0 Å². The topological polar surface area (TPSA) is 37.8 Å². The number of aryl methyl sites for hydroxylation is 2. The van der Waals surface area contributed by atoms with Crippen molar-refractivity contribution in [3.05, 3.63) is 52.5 Å². The van der Waals surface area contributed by atoms with Gasteiger partial charge >= 0.3 is 0 Å². The van der Waals surface area contributed by atoms with Crippen LogP contribution in [0.1, 0.15) is 53.9 Å². The summed E-state index contributed by atoms with van der Waals surface area (Å²) < 4.78 is 0. The Labute approximate surface area is 126 Å². The van der Waals surface area contributed by atoms with Gasteiger partial charge in [0.05, 0.1) is 0 Å². The minimum atomic E-state index is 0.341. The fourth-order valence-electron chi connectivity index (χ4n) is 3.35. The highest BCUT2D eigenvalue weighted by atomic mass is 15.0. The van der Waals surface area contributed by atoms with Crippen molar-refractivity contribution in [1.29, 1.82) is 0 Å². The van der Waals surface area contributed by atoms with E-state index in [2.05, 4.69) is 43.4 Å². The molecule has 3 rings (SSSR count). The van der Waals surface area contributed by atoms with Crippen molar-refractivity contribution in [3.8, 4) is 0 Å². The van der Waals surface area contributed by atoms with E-state index in [9.17, 15) is 0 Å². The first kappa shape index (κ1) is 14.1. The van der Waals surface area contributed by atoms with Crippen LogP contribution in [0.3, 0.4) is 0 Å². The second kappa shape index (κ2) is 5.84. The molecular formula is C18H23N3. The third-order valence-corrected chi connectivity index (χ3v) is 4.52. The Morgan fingerprint density at radius 1 is 1.24 bits per heavy atom. The average Bonchev–Trinajstić information content (AvgIpc) is 2.54. The third-order valence-electron chi connectivity index (χ3n) is 4.52. The summed E-state index contributed by atoms with van der Waals surface area (Å²) in [4.78, 5) is 9.67. The maximum Gasteiger partial charge on any atom is 0.138 e. The smallest absolute Gasteiger partial charge is 0.138 e. The summed E-state index contributed by atoms with van der Waals surface area (Å²) in [5.74, 6) is 2.29. The fourth-order valence-corrected chi connectivity index (χ4v) is 3.35. The molecule has 0 bridgehead atoms. The summed E-state index contributed by atoms with van der Waals surface area (Å²) >= 11 is 0. The molecule has 3 nitrogen and oxygen atoms in total. The Balaban J connectivity index is 2.09. The van der Waals surface area contributed by atoms with Gasteiger partial charge in [0.15, 0.2) is 0 Å². The highest BCUT2D eigenvalue weighted by Gasteiger charge is 2.25. The Kier molecular flexibility index (Phi) is 3.91. The molecule has 0 spiro atoms. The van der Waals surface area contributed by atoms with Gasteiger partial charge in [0.2, 0.25) is 0 Å². The molecule has 1 unspecified atom stereocenters. The maximum absolute atomic E-state index is 4.87. The van der Waals surface area contributed by atoms with Gasteiger partial charge in [-0.1, -0.05) is 31.2 Å². The number of anilines is 1. The lowest BCUT2D eigenvalue weighted by Gasteiger charge is -2.25. The number of fused-ring (bicyclic) bond motifs is 1. The second-order valence-electron chi connectivity index (χ2n) is 5.75. The van der Waals surface area contributed by atoms with Gasteiger partial charge in [0, 0.05) is 24.2 Å². The number of aromatic nitrogens is 2. The Bertz CT molecular complexity index is 624. The molecule has 3 heteroatoms.